The number of hydrogen-bond acceptors (Lipinski definition) is 6. The number of para-hydroxylation sites is 1. The number of H-pyrrole nitrogens is 1. The van der Waals surface area contributed by atoms with Gasteiger partial charge >= 0.3 is 5.97 Å². The second-order valence-corrected chi connectivity index (χ2v) is 7.70. The lowest BCUT2D eigenvalue weighted by Crippen LogP contribution is -2.10. The van der Waals surface area contributed by atoms with E-state index in [9.17, 15) is 14.3 Å². The highest BCUT2D eigenvalue weighted by molar-refractivity contribution is 6.01. The van der Waals surface area contributed by atoms with Crippen molar-refractivity contribution < 1.29 is 27.8 Å². The van der Waals surface area contributed by atoms with E-state index in [4.69, 9.17) is 4.74 Å². The van der Waals surface area contributed by atoms with Crippen LogP contribution in [0.15, 0.2) is 54.6 Å². The molecule has 182 valence electrons. The molecule has 36 heavy (non-hydrogen) atoms. The average molecular weight is 494 g/mol. The fourth-order valence-corrected chi connectivity index (χ4v) is 4.00. The largest absolute Gasteiger partial charge is 0.478 e. The molecule has 0 aliphatic heterocycles. The third-order valence-corrected chi connectivity index (χ3v) is 5.54. The maximum Gasteiger partial charge on any atom is 0.337 e. The van der Waals surface area contributed by atoms with Crippen LogP contribution in [0.2, 0.25) is 0 Å². The highest BCUT2D eigenvalue weighted by Crippen LogP contribution is 2.34. The number of benzene rings is 3. The van der Waals surface area contributed by atoms with E-state index >= 15 is 8.78 Å². The van der Waals surface area contributed by atoms with Gasteiger partial charge in [-0.25, -0.2) is 18.0 Å². The number of ether oxygens (including phenoxy) is 1. The monoisotopic (exact) mass is 494 g/mol. The van der Waals surface area contributed by atoms with Crippen LogP contribution in [0.1, 0.15) is 15.9 Å². The molecule has 2 N–H and O–H groups in total. The third kappa shape index (κ3) is 4.13. The van der Waals surface area contributed by atoms with Crippen molar-refractivity contribution in [1.82, 2.24) is 30.2 Å². The molecular weight excluding hydrogens is 477 g/mol. The number of nitrogens with one attached hydrogen (secondary N) is 1. The quantitative estimate of drug-likeness (QED) is 0.331. The molecule has 0 fully saturated rings. The Morgan fingerprint density at radius 3 is 2.56 bits per heavy atom. The molecule has 0 saturated heterocycles. The van der Waals surface area contributed by atoms with Crippen LogP contribution in [0.25, 0.3) is 33.5 Å². The second kappa shape index (κ2) is 9.49. The summed E-state index contributed by atoms with van der Waals surface area (Å²) in [5.74, 6) is -2.49. The summed E-state index contributed by atoms with van der Waals surface area (Å²) < 4.78 is 50.1. The number of tetrazole rings is 1. The number of hydrogen-bond donors (Lipinski definition) is 2. The first-order chi connectivity index (χ1) is 17.5. The number of carbonyl (C=O) groups is 1. The molecule has 2 heterocycles. The lowest BCUT2D eigenvalue weighted by molar-refractivity contribution is 0.0698. The van der Waals surface area contributed by atoms with Crippen molar-refractivity contribution >= 4 is 17.0 Å². The average Bonchev–Trinajstić information content (AvgIpc) is 3.53. The zero-order valence-electron chi connectivity index (χ0n) is 18.5. The van der Waals surface area contributed by atoms with Crippen LogP contribution in [-0.4, -0.2) is 54.5 Å². The summed E-state index contributed by atoms with van der Waals surface area (Å²) in [6.07, 6.45) is 0. The van der Waals surface area contributed by atoms with Gasteiger partial charge in [-0.15, -0.1) is 10.2 Å². The Hall–Kier alpha value is -4.74. The number of halogens is 3. The van der Waals surface area contributed by atoms with Gasteiger partial charge in [-0.2, -0.15) is 10.2 Å². The Morgan fingerprint density at radius 1 is 1.03 bits per heavy atom. The molecule has 3 aromatic carbocycles. The van der Waals surface area contributed by atoms with Gasteiger partial charge in [0.2, 0.25) is 5.82 Å². The van der Waals surface area contributed by atoms with Crippen LogP contribution in [0.5, 0.6) is 6.01 Å². The maximum absolute atomic E-state index is 15.4. The smallest absolute Gasteiger partial charge is 0.337 e. The Kier molecular flexibility index (Phi) is 6.07. The molecule has 0 saturated carbocycles. The number of alkyl halides is 1. The van der Waals surface area contributed by atoms with Gasteiger partial charge in [0.15, 0.2) is 0 Å². The van der Waals surface area contributed by atoms with Gasteiger partial charge < -0.3 is 9.84 Å². The first kappa shape index (κ1) is 23.0. The van der Waals surface area contributed by atoms with E-state index in [1.54, 1.807) is 30.3 Å². The number of rotatable bonds is 8. The Bertz CT molecular complexity index is 1570. The molecule has 0 aliphatic carbocycles. The normalized spacial score (nSPS) is 11.2. The zero-order valence-corrected chi connectivity index (χ0v) is 18.5. The van der Waals surface area contributed by atoms with Crippen molar-refractivity contribution in [3.63, 3.8) is 0 Å². The van der Waals surface area contributed by atoms with Crippen molar-refractivity contribution in [1.29, 1.82) is 0 Å². The third-order valence-electron chi connectivity index (χ3n) is 5.54. The van der Waals surface area contributed by atoms with Crippen LogP contribution in [0.4, 0.5) is 13.2 Å². The molecule has 0 aliphatic rings. The molecule has 0 radical (unpaired) electrons. The molecule has 0 atom stereocenters. The first-order valence-electron chi connectivity index (χ1n) is 10.7. The standard InChI is InChI=1S/C24H17F3N6O3/c25-8-9-36-24-28-20-7-3-6-16(23(34)35)21(20)33(24)12-13-10-19(27)17(11-18(13)26)14-4-1-2-5-15(14)22-29-31-32-30-22/h1-7,10-11H,8-9,12H2,(H,34,35)(H,29,30,31,32). The number of aromatic carboxylic acids is 1. The molecule has 0 unspecified atom stereocenters. The minimum absolute atomic E-state index is 0.0210. The molecule has 0 spiro atoms. The van der Waals surface area contributed by atoms with Crippen LogP contribution in [0, 0.1) is 11.6 Å². The van der Waals surface area contributed by atoms with E-state index in [0.717, 1.165) is 12.1 Å². The summed E-state index contributed by atoms with van der Waals surface area (Å²) in [5.41, 5.74) is 0.994. The number of carboxylic acid groups (broad SMARTS) is 1. The van der Waals surface area contributed by atoms with E-state index in [1.807, 2.05) is 0 Å². The topological polar surface area (TPSA) is 119 Å². The number of fused-ring (bicyclic) bond motifs is 1. The minimum atomic E-state index is -1.24. The van der Waals surface area contributed by atoms with Crippen molar-refractivity contribution in [2.45, 2.75) is 6.54 Å². The SMILES string of the molecule is O=C(O)c1cccc2nc(OCCF)n(Cc3cc(F)c(-c4ccccc4-c4nn[nH]n4)cc3F)c12. The molecule has 12 heteroatoms. The van der Waals surface area contributed by atoms with E-state index < -0.39 is 24.3 Å². The van der Waals surface area contributed by atoms with Gasteiger partial charge in [0, 0.05) is 16.7 Å². The molecule has 2 aromatic heterocycles. The van der Waals surface area contributed by atoms with Crippen molar-refractivity contribution in [2.75, 3.05) is 13.3 Å². The molecule has 5 aromatic rings. The van der Waals surface area contributed by atoms with Crippen molar-refractivity contribution in [2.24, 2.45) is 0 Å². The van der Waals surface area contributed by atoms with E-state index in [2.05, 4.69) is 25.6 Å². The Labute approximate surface area is 201 Å². The number of aromatic nitrogens is 6. The van der Waals surface area contributed by atoms with Gasteiger partial charge in [0.25, 0.3) is 6.01 Å². The summed E-state index contributed by atoms with van der Waals surface area (Å²) in [6, 6.07) is 13.0. The Morgan fingerprint density at radius 2 is 1.83 bits per heavy atom. The minimum Gasteiger partial charge on any atom is -0.478 e. The fourth-order valence-electron chi connectivity index (χ4n) is 4.00. The number of aromatic amines is 1. The van der Waals surface area contributed by atoms with Gasteiger partial charge in [-0.3, -0.25) is 4.57 Å². The summed E-state index contributed by atoms with van der Waals surface area (Å²) in [7, 11) is 0. The first-order valence-corrected chi connectivity index (χ1v) is 10.7. The van der Waals surface area contributed by atoms with Crippen LogP contribution >= 0.6 is 0 Å². The van der Waals surface area contributed by atoms with E-state index in [0.29, 0.717) is 11.1 Å². The predicted molar refractivity (Wildman–Crippen MR) is 122 cm³/mol. The summed E-state index contributed by atoms with van der Waals surface area (Å²) in [4.78, 5) is 16.0. The second-order valence-electron chi connectivity index (χ2n) is 7.70. The molecule has 0 amide bonds. The van der Waals surface area contributed by atoms with Crippen LogP contribution in [-0.2, 0) is 6.54 Å². The van der Waals surface area contributed by atoms with Crippen LogP contribution < -0.4 is 4.74 Å². The highest BCUT2D eigenvalue weighted by atomic mass is 19.1. The van der Waals surface area contributed by atoms with Crippen molar-refractivity contribution in [3.05, 3.63) is 77.4 Å². The number of nitrogens with zero attached hydrogens (tertiary/aromatic N) is 5. The molecule has 5 rings (SSSR count). The molecular formula is C24H17F3N6O3. The molecule has 9 nitrogen and oxygen atoms in total. The van der Waals surface area contributed by atoms with Gasteiger partial charge in [-0.05, 0) is 35.0 Å². The number of carboxylic acids is 1. The zero-order chi connectivity index (χ0) is 25.2. The van der Waals surface area contributed by atoms with Gasteiger partial charge in [0.1, 0.15) is 24.9 Å². The molecule has 0 bridgehead atoms. The van der Waals surface area contributed by atoms with Crippen molar-refractivity contribution in [3.8, 4) is 28.5 Å². The lowest BCUT2D eigenvalue weighted by atomic mass is 9.97. The lowest BCUT2D eigenvalue weighted by Gasteiger charge is -2.14. The Balaban J connectivity index is 1.61. The number of imidazole rings is 1. The van der Waals surface area contributed by atoms with Gasteiger partial charge in [0.05, 0.1) is 23.1 Å². The van der Waals surface area contributed by atoms with E-state index in [1.165, 1.54) is 16.7 Å². The predicted octanol–water partition coefficient (Wildman–Crippen LogP) is 4.26. The maximum atomic E-state index is 15.4. The summed E-state index contributed by atoms with van der Waals surface area (Å²) >= 11 is 0. The van der Waals surface area contributed by atoms with Crippen LogP contribution in [0.3, 0.4) is 0 Å². The van der Waals surface area contributed by atoms with Gasteiger partial charge in [-0.1, -0.05) is 30.3 Å². The fraction of sp³-hybridized carbons (Fsp3) is 0.125. The highest BCUT2D eigenvalue weighted by Gasteiger charge is 2.22. The summed E-state index contributed by atoms with van der Waals surface area (Å²) in [5, 5.41) is 23.3. The van der Waals surface area contributed by atoms with E-state index in [-0.39, 0.29) is 52.7 Å². The summed E-state index contributed by atoms with van der Waals surface area (Å²) in [6.45, 7) is -1.46.